The van der Waals surface area contributed by atoms with Gasteiger partial charge in [0.15, 0.2) is 0 Å². The van der Waals surface area contributed by atoms with Gasteiger partial charge in [-0.3, -0.25) is 4.79 Å². The first-order chi connectivity index (χ1) is 17.3. The lowest BCUT2D eigenvalue weighted by Crippen LogP contribution is -2.48. The summed E-state index contributed by atoms with van der Waals surface area (Å²) in [7, 11) is -2.25. The molecule has 0 aliphatic carbocycles. The maximum Gasteiger partial charge on any atom is 0.258 e. The van der Waals surface area contributed by atoms with E-state index in [2.05, 4.69) is 10.2 Å². The van der Waals surface area contributed by atoms with Crippen molar-refractivity contribution in [3.8, 4) is 11.5 Å². The molecule has 0 spiro atoms. The summed E-state index contributed by atoms with van der Waals surface area (Å²) < 4.78 is 53.4. The molecule has 0 unspecified atom stereocenters. The number of hydrogen-bond donors (Lipinski definition) is 1. The summed E-state index contributed by atoms with van der Waals surface area (Å²) in [6.07, 6.45) is 0. The van der Waals surface area contributed by atoms with Crippen LogP contribution in [-0.2, 0) is 10.0 Å². The summed E-state index contributed by atoms with van der Waals surface area (Å²) in [5.74, 6) is -0.351. The maximum atomic E-state index is 14.1. The van der Waals surface area contributed by atoms with Crippen LogP contribution in [0.4, 0.5) is 15.8 Å². The van der Waals surface area contributed by atoms with Crippen molar-refractivity contribution >= 4 is 27.3 Å². The normalized spacial score (nSPS) is 14.4. The second-order valence-electron chi connectivity index (χ2n) is 8.09. The highest BCUT2D eigenvalue weighted by molar-refractivity contribution is 7.89. The molecule has 1 fully saturated rings. The average molecular weight is 514 g/mol. The highest BCUT2D eigenvalue weighted by atomic mass is 32.2. The van der Waals surface area contributed by atoms with Crippen LogP contribution in [-0.4, -0.2) is 58.5 Å². The van der Waals surface area contributed by atoms with Gasteiger partial charge in [-0.05, 0) is 49.4 Å². The molecule has 8 nitrogen and oxygen atoms in total. The van der Waals surface area contributed by atoms with Gasteiger partial charge in [-0.15, -0.1) is 0 Å². The molecule has 0 radical (unpaired) electrons. The van der Waals surface area contributed by atoms with Gasteiger partial charge in [-0.2, -0.15) is 4.31 Å². The Morgan fingerprint density at radius 3 is 2.36 bits per heavy atom. The number of nitrogens with one attached hydrogen (secondary N) is 1. The fraction of sp³-hybridized carbons (Fsp3) is 0.269. The molecule has 10 heteroatoms. The monoisotopic (exact) mass is 513 g/mol. The topological polar surface area (TPSA) is 88.2 Å². The molecule has 1 aliphatic rings. The van der Waals surface area contributed by atoms with Gasteiger partial charge in [0, 0.05) is 26.2 Å². The van der Waals surface area contributed by atoms with Crippen molar-refractivity contribution in [3.63, 3.8) is 0 Å². The summed E-state index contributed by atoms with van der Waals surface area (Å²) in [6, 6.07) is 17.5. The number of para-hydroxylation sites is 2. The third kappa shape index (κ3) is 5.29. The molecule has 0 aromatic heterocycles. The molecule has 1 aliphatic heterocycles. The number of piperazine rings is 1. The number of anilines is 2. The van der Waals surface area contributed by atoms with E-state index < -0.39 is 21.7 Å². The summed E-state index contributed by atoms with van der Waals surface area (Å²) in [6.45, 7) is 3.63. The Morgan fingerprint density at radius 1 is 0.972 bits per heavy atom. The minimum atomic E-state index is -3.85. The molecule has 1 saturated heterocycles. The van der Waals surface area contributed by atoms with Crippen molar-refractivity contribution in [3.05, 3.63) is 78.1 Å². The van der Waals surface area contributed by atoms with Crippen LogP contribution in [0.25, 0.3) is 0 Å². The Bertz CT molecular complexity index is 1340. The molecule has 0 saturated carbocycles. The van der Waals surface area contributed by atoms with E-state index in [1.54, 1.807) is 20.1 Å². The molecule has 0 atom stereocenters. The number of sulfonamides is 1. The SMILES string of the molecule is CCOc1ccc(S(=O)(=O)N2CCN(c3ccccc3OC)CC2)cc1NC(=O)c1ccccc1F. The molecular weight excluding hydrogens is 485 g/mol. The summed E-state index contributed by atoms with van der Waals surface area (Å²) in [5, 5.41) is 2.60. The second-order valence-corrected chi connectivity index (χ2v) is 10.0. The molecule has 36 heavy (non-hydrogen) atoms. The first-order valence-electron chi connectivity index (χ1n) is 11.6. The molecule has 1 amide bonds. The number of carbonyl (C=O) groups is 1. The zero-order valence-electron chi connectivity index (χ0n) is 20.1. The van der Waals surface area contributed by atoms with Gasteiger partial charge in [0.2, 0.25) is 10.0 Å². The fourth-order valence-electron chi connectivity index (χ4n) is 4.09. The third-order valence-corrected chi connectivity index (χ3v) is 7.81. The third-order valence-electron chi connectivity index (χ3n) is 5.92. The molecule has 1 N–H and O–H groups in total. The molecule has 3 aromatic rings. The van der Waals surface area contributed by atoms with Gasteiger partial charge in [0.1, 0.15) is 17.3 Å². The van der Waals surface area contributed by atoms with Crippen LogP contribution < -0.4 is 19.7 Å². The van der Waals surface area contributed by atoms with Crippen LogP contribution in [0.1, 0.15) is 17.3 Å². The quantitative estimate of drug-likeness (QED) is 0.490. The second kappa shape index (κ2) is 11.0. The Hall–Kier alpha value is -3.63. The number of rotatable bonds is 8. The molecule has 1 heterocycles. The number of amides is 1. The standard InChI is InChI=1S/C26H28FN3O5S/c1-3-35-24-13-12-19(18-22(24)28-26(31)20-8-4-5-9-21(20)27)36(32,33)30-16-14-29(15-17-30)23-10-6-7-11-25(23)34-2/h4-13,18H,3,14-17H2,1-2H3,(H,28,31). The van der Waals surface area contributed by atoms with Gasteiger partial charge < -0.3 is 19.7 Å². The predicted octanol–water partition coefficient (Wildman–Crippen LogP) is 4.00. The molecule has 190 valence electrons. The number of nitrogens with zero attached hydrogens (tertiary/aromatic N) is 2. The number of halogens is 1. The van der Waals surface area contributed by atoms with Gasteiger partial charge in [0.05, 0.1) is 35.6 Å². The van der Waals surface area contributed by atoms with Crippen molar-refractivity contribution in [1.82, 2.24) is 4.31 Å². The smallest absolute Gasteiger partial charge is 0.258 e. The Balaban J connectivity index is 1.55. The van der Waals surface area contributed by atoms with E-state index >= 15 is 0 Å². The van der Waals surface area contributed by atoms with E-state index in [-0.39, 0.29) is 29.2 Å². The zero-order valence-corrected chi connectivity index (χ0v) is 20.9. The molecular formula is C26H28FN3O5S. The Labute approximate surface area is 210 Å². The van der Waals surface area contributed by atoms with Crippen molar-refractivity contribution in [2.24, 2.45) is 0 Å². The molecule has 3 aromatic carbocycles. The lowest BCUT2D eigenvalue weighted by Gasteiger charge is -2.36. The van der Waals surface area contributed by atoms with E-state index in [0.717, 1.165) is 11.4 Å². The minimum absolute atomic E-state index is 0.0144. The van der Waals surface area contributed by atoms with Gasteiger partial charge in [-0.25, -0.2) is 12.8 Å². The van der Waals surface area contributed by atoms with E-state index in [9.17, 15) is 17.6 Å². The first-order valence-corrected chi connectivity index (χ1v) is 13.0. The van der Waals surface area contributed by atoms with Crippen molar-refractivity contribution in [1.29, 1.82) is 0 Å². The lowest BCUT2D eigenvalue weighted by atomic mass is 10.2. The predicted molar refractivity (Wildman–Crippen MR) is 136 cm³/mol. The number of methoxy groups -OCH3 is 1. The summed E-state index contributed by atoms with van der Waals surface area (Å²) in [5.41, 5.74) is 0.913. The summed E-state index contributed by atoms with van der Waals surface area (Å²) >= 11 is 0. The number of hydrogen-bond acceptors (Lipinski definition) is 6. The largest absolute Gasteiger partial charge is 0.495 e. The van der Waals surface area contributed by atoms with E-state index in [4.69, 9.17) is 9.47 Å². The molecule has 4 rings (SSSR count). The van der Waals surface area contributed by atoms with Gasteiger partial charge in [0.25, 0.3) is 5.91 Å². The van der Waals surface area contributed by atoms with Crippen LogP contribution in [0.5, 0.6) is 11.5 Å². The number of benzene rings is 3. The Kier molecular flexibility index (Phi) is 7.76. The summed E-state index contributed by atoms with van der Waals surface area (Å²) in [4.78, 5) is 14.8. The number of ether oxygens (including phenoxy) is 2. The lowest BCUT2D eigenvalue weighted by molar-refractivity contribution is 0.102. The van der Waals surface area contributed by atoms with Crippen molar-refractivity contribution < 1.29 is 27.1 Å². The fourth-order valence-corrected chi connectivity index (χ4v) is 5.54. The van der Waals surface area contributed by atoms with E-state index in [1.165, 1.54) is 40.7 Å². The average Bonchev–Trinajstić information content (AvgIpc) is 2.90. The first kappa shape index (κ1) is 25.5. The maximum absolute atomic E-state index is 14.1. The minimum Gasteiger partial charge on any atom is -0.495 e. The van der Waals surface area contributed by atoms with Gasteiger partial charge >= 0.3 is 0 Å². The highest BCUT2D eigenvalue weighted by Crippen LogP contribution is 2.32. The van der Waals surface area contributed by atoms with Gasteiger partial charge in [-0.1, -0.05) is 24.3 Å². The molecule has 0 bridgehead atoms. The van der Waals surface area contributed by atoms with Crippen LogP contribution in [0, 0.1) is 5.82 Å². The van der Waals surface area contributed by atoms with Crippen molar-refractivity contribution in [2.45, 2.75) is 11.8 Å². The Morgan fingerprint density at radius 2 is 1.67 bits per heavy atom. The van der Waals surface area contributed by atoms with E-state index in [1.807, 2.05) is 24.3 Å². The highest BCUT2D eigenvalue weighted by Gasteiger charge is 2.30. The zero-order chi connectivity index (χ0) is 25.7. The van der Waals surface area contributed by atoms with E-state index in [0.29, 0.717) is 25.4 Å². The van der Waals surface area contributed by atoms with Crippen molar-refractivity contribution in [2.75, 3.05) is 50.1 Å². The van der Waals surface area contributed by atoms with Crippen LogP contribution in [0.3, 0.4) is 0 Å². The van der Waals surface area contributed by atoms with Crippen LogP contribution in [0.2, 0.25) is 0 Å². The van der Waals surface area contributed by atoms with Crippen LogP contribution >= 0.6 is 0 Å². The van der Waals surface area contributed by atoms with Crippen LogP contribution in [0.15, 0.2) is 71.6 Å². The number of carbonyl (C=O) groups excluding carboxylic acids is 1.